The zero-order chi connectivity index (χ0) is 13.8. The van der Waals surface area contributed by atoms with E-state index in [1.165, 1.54) is 32.1 Å². The number of hydrogen-bond acceptors (Lipinski definition) is 3. The van der Waals surface area contributed by atoms with Crippen molar-refractivity contribution in [2.24, 2.45) is 0 Å². The fourth-order valence-electron chi connectivity index (χ4n) is 3.18. The Balaban J connectivity index is 1.66. The minimum atomic E-state index is -0.0158. The lowest BCUT2D eigenvalue weighted by Gasteiger charge is -2.23. The van der Waals surface area contributed by atoms with Gasteiger partial charge in [0.15, 0.2) is 0 Å². The quantitative estimate of drug-likeness (QED) is 0.921. The second-order valence-electron chi connectivity index (χ2n) is 5.88. The molecular formula is C16H23N3O. The number of hydrogen-bond donors (Lipinski definition) is 1. The minimum Gasteiger partial charge on any atom is -0.357 e. The Hall–Kier alpha value is -1.58. The van der Waals surface area contributed by atoms with Gasteiger partial charge in [0.05, 0.1) is 0 Å². The first-order valence-electron chi connectivity index (χ1n) is 7.86. The largest absolute Gasteiger partial charge is 0.357 e. The van der Waals surface area contributed by atoms with E-state index >= 15 is 0 Å². The molecule has 1 aromatic rings. The normalized spacial score (nSPS) is 20.1. The lowest BCUT2D eigenvalue weighted by molar-refractivity contribution is 0.0922. The van der Waals surface area contributed by atoms with Crippen molar-refractivity contribution in [1.29, 1.82) is 0 Å². The Bertz CT molecular complexity index is 463. The van der Waals surface area contributed by atoms with Crippen LogP contribution in [0.25, 0.3) is 0 Å². The molecule has 0 radical (unpaired) electrons. The smallest absolute Gasteiger partial charge is 0.270 e. The van der Waals surface area contributed by atoms with Gasteiger partial charge in [0.2, 0.25) is 0 Å². The Morgan fingerprint density at radius 2 is 1.85 bits per heavy atom. The van der Waals surface area contributed by atoms with Gasteiger partial charge < -0.3 is 10.2 Å². The number of nitrogens with one attached hydrogen (secondary N) is 1. The van der Waals surface area contributed by atoms with Crippen LogP contribution < -0.4 is 10.2 Å². The molecule has 0 bridgehead atoms. The summed E-state index contributed by atoms with van der Waals surface area (Å²) >= 11 is 0. The first-order valence-corrected chi connectivity index (χ1v) is 7.86. The van der Waals surface area contributed by atoms with E-state index in [9.17, 15) is 4.79 Å². The average Bonchev–Trinajstić information content (AvgIpc) is 3.03. The van der Waals surface area contributed by atoms with E-state index in [1.807, 2.05) is 18.2 Å². The van der Waals surface area contributed by atoms with E-state index in [4.69, 9.17) is 0 Å². The maximum atomic E-state index is 12.3. The van der Waals surface area contributed by atoms with Crippen LogP contribution in [0.3, 0.4) is 0 Å². The molecule has 108 valence electrons. The summed E-state index contributed by atoms with van der Waals surface area (Å²) in [5, 5.41) is 3.13. The molecule has 2 aliphatic rings. The van der Waals surface area contributed by atoms with Crippen molar-refractivity contribution >= 4 is 11.7 Å². The van der Waals surface area contributed by atoms with E-state index in [2.05, 4.69) is 15.2 Å². The number of pyridine rings is 1. The molecule has 1 saturated heterocycles. The van der Waals surface area contributed by atoms with Crippen molar-refractivity contribution in [3.63, 3.8) is 0 Å². The zero-order valence-corrected chi connectivity index (χ0v) is 12.0. The van der Waals surface area contributed by atoms with Crippen LogP contribution in [0, 0.1) is 0 Å². The van der Waals surface area contributed by atoms with E-state index in [0.29, 0.717) is 11.7 Å². The van der Waals surface area contributed by atoms with Gasteiger partial charge in [-0.2, -0.15) is 0 Å². The van der Waals surface area contributed by atoms with Crippen LogP contribution in [0.1, 0.15) is 55.4 Å². The summed E-state index contributed by atoms with van der Waals surface area (Å²) < 4.78 is 0. The first kappa shape index (κ1) is 13.4. The van der Waals surface area contributed by atoms with Gasteiger partial charge in [-0.3, -0.25) is 4.79 Å². The molecule has 2 heterocycles. The maximum Gasteiger partial charge on any atom is 0.270 e. The average molecular weight is 273 g/mol. The molecule has 4 heteroatoms. The maximum absolute atomic E-state index is 12.3. The van der Waals surface area contributed by atoms with E-state index in [-0.39, 0.29) is 5.91 Å². The van der Waals surface area contributed by atoms with Crippen LogP contribution in [-0.4, -0.2) is 30.0 Å². The lowest BCUT2D eigenvalue weighted by Crippen LogP contribution is -2.36. The lowest BCUT2D eigenvalue weighted by atomic mass is 9.95. The Morgan fingerprint density at radius 1 is 1.10 bits per heavy atom. The van der Waals surface area contributed by atoms with E-state index in [1.54, 1.807) is 0 Å². The van der Waals surface area contributed by atoms with Gasteiger partial charge in [0, 0.05) is 19.1 Å². The summed E-state index contributed by atoms with van der Waals surface area (Å²) in [5.74, 6) is 0.928. The molecule has 1 N–H and O–H groups in total. The number of carbonyl (C=O) groups excluding carboxylic acids is 1. The predicted molar refractivity (Wildman–Crippen MR) is 80.0 cm³/mol. The Labute approximate surface area is 120 Å². The summed E-state index contributed by atoms with van der Waals surface area (Å²) in [6, 6.07) is 6.10. The summed E-state index contributed by atoms with van der Waals surface area (Å²) in [6.45, 7) is 2.11. The van der Waals surface area contributed by atoms with Gasteiger partial charge in [0.25, 0.3) is 5.91 Å². The standard InChI is InChI=1S/C16H23N3O/c20-16(17-13-7-2-1-3-8-13)14-9-6-10-15(18-14)19-11-4-5-12-19/h6,9-10,13H,1-5,7-8,11-12H2,(H,17,20). The third kappa shape index (κ3) is 3.11. The highest BCUT2D eigenvalue weighted by molar-refractivity contribution is 5.92. The van der Waals surface area contributed by atoms with Crippen molar-refractivity contribution in [2.75, 3.05) is 18.0 Å². The fourth-order valence-corrected chi connectivity index (χ4v) is 3.18. The molecule has 0 aromatic carbocycles. The van der Waals surface area contributed by atoms with Crippen LogP contribution in [-0.2, 0) is 0 Å². The minimum absolute atomic E-state index is 0.0158. The highest BCUT2D eigenvalue weighted by atomic mass is 16.1. The van der Waals surface area contributed by atoms with Crippen molar-refractivity contribution < 1.29 is 4.79 Å². The molecule has 2 fully saturated rings. The highest BCUT2D eigenvalue weighted by Gasteiger charge is 2.19. The third-order valence-corrected chi connectivity index (χ3v) is 4.34. The molecule has 1 aromatic heterocycles. The molecule has 0 spiro atoms. The number of amides is 1. The van der Waals surface area contributed by atoms with Crippen LogP contribution in [0.15, 0.2) is 18.2 Å². The molecule has 3 rings (SSSR count). The molecule has 1 aliphatic heterocycles. The second-order valence-corrected chi connectivity index (χ2v) is 5.88. The summed E-state index contributed by atoms with van der Waals surface area (Å²) in [6.07, 6.45) is 8.42. The van der Waals surface area contributed by atoms with Crippen LogP contribution >= 0.6 is 0 Å². The molecule has 1 saturated carbocycles. The number of aromatic nitrogens is 1. The number of nitrogens with zero attached hydrogens (tertiary/aromatic N) is 2. The molecule has 0 atom stereocenters. The molecule has 20 heavy (non-hydrogen) atoms. The predicted octanol–water partition coefficient (Wildman–Crippen LogP) is 2.74. The molecule has 4 nitrogen and oxygen atoms in total. The third-order valence-electron chi connectivity index (χ3n) is 4.34. The van der Waals surface area contributed by atoms with Gasteiger partial charge in [-0.25, -0.2) is 4.98 Å². The van der Waals surface area contributed by atoms with Crippen molar-refractivity contribution in [3.05, 3.63) is 23.9 Å². The fraction of sp³-hybridized carbons (Fsp3) is 0.625. The van der Waals surface area contributed by atoms with Gasteiger partial charge in [-0.15, -0.1) is 0 Å². The molecule has 1 amide bonds. The molecule has 0 unspecified atom stereocenters. The van der Waals surface area contributed by atoms with Gasteiger partial charge >= 0.3 is 0 Å². The topological polar surface area (TPSA) is 45.2 Å². The van der Waals surface area contributed by atoms with Gasteiger partial charge in [-0.05, 0) is 37.8 Å². The van der Waals surface area contributed by atoms with Crippen molar-refractivity contribution in [1.82, 2.24) is 10.3 Å². The van der Waals surface area contributed by atoms with Crippen LogP contribution in [0.5, 0.6) is 0 Å². The van der Waals surface area contributed by atoms with Crippen LogP contribution in [0.4, 0.5) is 5.82 Å². The van der Waals surface area contributed by atoms with E-state index in [0.717, 1.165) is 31.7 Å². The molecular weight excluding hydrogens is 250 g/mol. The van der Waals surface area contributed by atoms with Gasteiger partial charge in [-0.1, -0.05) is 25.3 Å². The Kier molecular flexibility index (Phi) is 4.19. The molecule has 1 aliphatic carbocycles. The number of anilines is 1. The number of rotatable bonds is 3. The highest BCUT2D eigenvalue weighted by Crippen LogP contribution is 2.19. The number of carbonyl (C=O) groups is 1. The Morgan fingerprint density at radius 3 is 2.60 bits per heavy atom. The van der Waals surface area contributed by atoms with Gasteiger partial charge in [0.1, 0.15) is 11.5 Å². The van der Waals surface area contributed by atoms with Crippen LogP contribution in [0.2, 0.25) is 0 Å². The first-order chi connectivity index (χ1) is 9.83. The van der Waals surface area contributed by atoms with Crippen molar-refractivity contribution in [2.45, 2.75) is 51.0 Å². The SMILES string of the molecule is O=C(NC1CCCCC1)c1cccc(N2CCCC2)n1. The summed E-state index contributed by atoms with van der Waals surface area (Å²) in [5.41, 5.74) is 0.556. The summed E-state index contributed by atoms with van der Waals surface area (Å²) in [7, 11) is 0. The monoisotopic (exact) mass is 273 g/mol. The van der Waals surface area contributed by atoms with Crippen molar-refractivity contribution in [3.8, 4) is 0 Å². The zero-order valence-electron chi connectivity index (χ0n) is 12.0. The second kappa shape index (κ2) is 6.25. The summed E-state index contributed by atoms with van der Waals surface area (Å²) in [4.78, 5) is 19.1. The van der Waals surface area contributed by atoms with E-state index < -0.39 is 0 Å².